The highest BCUT2D eigenvalue weighted by atomic mass is 19.1. The number of rotatable bonds is 7. The third-order valence-corrected chi connectivity index (χ3v) is 5.89. The van der Waals surface area contributed by atoms with E-state index in [2.05, 4.69) is 34.0 Å². The number of hydrogen-bond donors (Lipinski definition) is 2. The summed E-state index contributed by atoms with van der Waals surface area (Å²) in [7, 11) is 0. The van der Waals surface area contributed by atoms with Crippen molar-refractivity contribution in [2.45, 2.75) is 39.7 Å². The van der Waals surface area contributed by atoms with E-state index in [4.69, 9.17) is 4.74 Å². The fourth-order valence-electron chi connectivity index (χ4n) is 3.95. The Hall–Kier alpha value is -3.19. The smallest absolute Gasteiger partial charge is 0.227 e. The number of aryl methyl sites for hydroxylation is 2. The molecule has 0 bridgehead atoms. The summed E-state index contributed by atoms with van der Waals surface area (Å²) in [6.45, 7) is 6.73. The number of likely N-dealkylation sites (tertiary alicyclic amines) is 1. The van der Waals surface area contributed by atoms with Gasteiger partial charge in [0, 0.05) is 30.3 Å². The molecule has 0 saturated carbocycles. The van der Waals surface area contributed by atoms with E-state index in [1.54, 1.807) is 42.5 Å². The Morgan fingerprint density at radius 2 is 1.91 bits per heavy atom. The van der Waals surface area contributed by atoms with E-state index in [9.17, 15) is 9.18 Å². The van der Waals surface area contributed by atoms with Crippen molar-refractivity contribution in [1.29, 1.82) is 0 Å². The van der Waals surface area contributed by atoms with Gasteiger partial charge in [-0.05, 0) is 69.3 Å². The standard InChI is InChI=1S/C25H29FN4O2/c1-3-24-27-17(2)22(29-24)16-30-14-12-18(13-15-30)25(31)28-19-8-10-20(11-9-19)32-23-7-5-4-6-21(23)26/h4-11,18H,3,12-16H2,1-2H3,(H,27,29)(H,28,31). The van der Waals surface area contributed by atoms with Crippen LogP contribution in [-0.2, 0) is 17.8 Å². The first kappa shape index (κ1) is 22.0. The number of aromatic nitrogens is 2. The zero-order valence-corrected chi connectivity index (χ0v) is 18.5. The van der Waals surface area contributed by atoms with Crippen LogP contribution in [0.1, 0.15) is 37.0 Å². The molecule has 168 valence electrons. The van der Waals surface area contributed by atoms with Crippen molar-refractivity contribution in [1.82, 2.24) is 14.9 Å². The van der Waals surface area contributed by atoms with Gasteiger partial charge < -0.3 is 15.0 Å². The molecule has 1 fully saturated rings. The highest BCUT2D eigenvalue weighted by Gasteiger charge is 2.25. The third-order valence-electron chi connectivity index (χ3n) is 5.89. The molecule has 2 N–H and O–H groups in total. The lowest BCUT2D eigenvalue weighted by Crippen LogP contribution is -2.38. The fraction of sp³-hybridized carbons (Fsp3) is 0.360. The Morgan fingerprint density at radius 3 is 2.56 bits per heavy atom. The number of amides is 1. The number of nitrogens with zero attached hydrogens (tertiary/aromatic N) is 2. The second-order valence-corrected chi connectivity index (χ2v) is 8.21. The summed E-state index contributed by atoms with van der Waals surface area (Å²) in [5.74, 6) is 1.33. The molecular formula is C25H29FN4O2. The summed E-state index contributed by atoms with van der Waals surface area (Å²) < 4.78 is 19.3. The lowest BCUT2D eigenvalue weighted by Gasteiger charge is -2.30. The Kier molecular flexibility index (Phi) is 6.85. The van der Waals surface area contributed by atoms with E-state index < -0.39 is 5.82 Å². The molecule has 1 amide bonds. The zero-order chi connectivity index (χ0) is 22.5. The molecule has 7 heteroatoms. The number of imidazole rings is 1. The zero-order valence-electron chi connectivity index (χ0n) is 18.5. The average molecular weight is 437 g/mol. The fourth-order valence-corrected chi connectivity index (χ4v) is 3.95. The number of piperidine rings is 1. The van der Waals surface area contributed by atoms with Crippen LogP contribution in [0.5, 0.6) is 11.5 Å². The van der Waals surface area contributed by atoms with Gasteiger partial charge in [-0.15, -0.1) is 0 Å². The van der Waals surface area contributed by atoms with Crippen molar-refractivity contribution in [3.8, 4) is 11.5 Å². The number of aromatic amines is 1. The van der Waals surface area contributed by atoms with Gasteiger partial charge in [-0.3, -0.25) is 9.69 Å². The van der Waals surface area contributed by atoms with Gasteiger partial charge in [0.1, 0.15) is 11.6 Å². The number of hydrogen-bond acceptors (Lipinski definition) is 4. The number of carbonyl (C=O) groups is 1. The number of nitrogens with one attached hydrogen (secondary N) is 2. The van der Waals surface area contributed by atoms with Crippen molar-refractivity contribution in [3.63, 3.8) is 0 Å². The molecule has 0 unspecified atom stereocenters. The first-order valence-corrected chi connectivity index (χ1v) is 11.1. The van der Waals surface area contributed by atoms with Crippen LogP contribution in [0.15, 0.2) is 48.5 Å². The van der Waals surface area contributed by atoms with Crippen molar-refractivity contribution in [2.24, 2.45) is 5.92 Å². The Labute approximate surface area is 187 Å². The lowest BCUT2D eigenvalue weighted by molar-refractivity contribution is -0.121. The van der Waals surface area contributed by atoms with Gasteiger partial charge in [0.15, 0.2) is 11.6 Å². The molecule has 1 saturated heterocycles. The molecule has 4 rings (SSSR count). The van der Waals surface area contributed by atoms with E-state index in [1.807, 2.05) is 0 Å². The molecule has 6 nitrogen and oxygen atoms in total. The number of carbonyl (C=O) groups excluding carboxylic acids is 1. The Morgan fingerprint density at radius 1 is 1.19 bits per heavy atom. The maximum absolute atomic E-state index is 13.7. The minimum Gasteiger partial charge on any atom is -0.454 e. The van der Waals surface area contributed by atoms with Gasteiger partial charge in [-0.25, -0.2) is 9.37 Å². The van der Waals surface area contributed by atoms with Crippen molar-refractivity contribution < 1.29 is 13.9 Å². The molecule has 1 aromatic heterocycles. The highest BCUT2D eigenvalue weighted by molar-refractivity contribution is 5.92. The normalized spacial score (nSPS) is 15.0. The van der Waals surface area contributed by atoms with E-state index >= 15 is 0 Å². The topological polar surface area (TPSA) is 70.2 Å². The van der Waals surface area contributed by atoms with E-state index in [1.165, 1.54) is 6.07 Å². The lowest BCUT2D eigenvalue weighted by atomic mass is 9.95. The van der Waals surface area contributed by atoms with Gasteiger partial charge >= 0.3 is 0 Å². The summed E-state index contributed by atoms with van der Waals surface area (Å²) in [4.78, 5) is 23.1. The van der Waals surface area contributed by atoms with Crippen molar-refractivity contribution >= 4 is 11.6 Å². The van der Waals surface area contributed by atoms with Crippen LogP contribution < -0.4 is 10.1 Å². The number of H-pyrrole nitrogens is 1. The molecule has 2 heterocycles. The maximum atomic E-state index is 13.7. The largest absolute Gasteiger partial charge is 0.454 e. The van der Waals surface area contributed by atoms with E-state index in [0.29, 0.717) is 11.4 Å². The predicted octanol–water partition coefficient (Wildman–Crippen LogP) is 5.06. The SMILES string of the molecule is CCc1nc(CN2CCC(C(=O)Nc3ccc(Oc4ccccc4F)cc3)CC2)c(C)[nH]1. The number of para-hydroxylation sites is 1. The van der Waals surface area contributed by atoms with Gasteiger partial charge in [-0.1, -0.05) is 19.1 Å². The minimum atomic E-state index is -0.413. The molecule has 3 aromatic rings. The quantitative estimate of drug-likeness (QED) is 0.543. The molecule has 0 aliphatic carbocycles. The molecule has 0 radical (unpaired) electrons. The average Bonchev–Trinajstić information content (AvgIpc) is 3.16. The molecule has 0 spiro atoms. The molecular weight excluding hydrogens is 407 g/mol. The summed E-state index contributed by atoms with van der Waals surface area (Å²) in [5, 5.41) is 2.99. The Bertz CT molecular complexity index is 1060. The first-order valence-electron chi connectivity index (χ1n) is 11.1. The van der Waals surface area contributed by atoms with Crippen LogP contribution in [0, 0.1) is 18.7 Å². The van der Waals surface area contributed by atoms with Crippen LogP contribution in [0.4, 0.5) is 10.1 Å². The molecule has 0 atom stereocenters. The summed E-state index contributed by atoms with van der Waals surface area (Å²) in [6.07, 6.45) is 2.55. The van der Waals surface area contributed by atoms with Crippen molar-refractivity contribution in [3.05, 3.63) is 71.6 Å². The Balaban J connectivity index is 1.26. The highest BCUT2D eigenvalue weighted by Crippen LogP contribution is 2.26. The molecule has 2 aromatic carbocycles. The number of benzene rings is 2. The summed E-state index contributed by atoms with van der Waals surface area (Å²) >= 11 is 0. The summed E-state index contributed by atoms with van der Waals surface area (Å²) in [5.41, 5.74) is 2.93. The summed E-state index contributed by atoms with van der Waals surface area (Å²) in [6, 6.07) is 13.3. The molecule has 1 aliphatic heterocycles. The number of anilines is 1. The van der Waals surface area contributed by atoms with Gasteiger partial charge in [0.05, 0.1) is 5.69 Å². The first-order chi connectivity index (χ1) is 15.5. The van der Waals surface area contributed by atoms with Gasteiger partial charge in [-0.2, -0.15) is 0 Å². The minimum absolute atomic E-state index is 0.00734. The predicted molar refractivity (Wildman–Crippen MR) is 122 cm³/mol. The molecule has 1 aliphatic rings. The maximum Gasteiger partial charge on any atom is 0.227 e. The third kappa shape index (κ3) is 5.34. The van der Waals surface area contributed by atoms with E-state index in [-0.39, 0.29) is 17.6 Å². The number of ether oxygens (including phenoxy) is 1. The van der Waals surface area contributed by atoms with Crippen LogP contribution in [0.3, 0.4) is 0 Å². The van der Waals surface area contributed by atoms with Gasteiger partial charge in [0.25, 0.3) is 0 Å². The van der Waals surface area contributed by atoms with Gasteiger partial charge in [0.2, 0.25) is 5.91 Å². The van der Waals surface area contributed by atoms with Crippen LogP contribution in [0.2, 0.25) is 0 Å². The number of halogens is 1. The second kappa shape index (κ2) is 9.96. The second-order valence-electron chi connectivity index (χ2n) is 8.21. The van der Waals surface area contributed by atoms with E-state index in [0.717, 1.165) is 56.1 Å². The van der Waals surface area contributed by atoms with Crippen LogP contribution >= 0.6 is 0 Å². The molecule has 32 heavy (non-hydrogen) atoms. The monoisotopic (exact) mass is 436 g/mol. The van der Waals surface area contributed by atoms with Crippen molar-refractivity contribution in [2.75, 3.05) is 18.4 Å². The van der Waals surface area contributed by atoms with Crippen LogP contribution in [-0.4, -0.2) is 33.9 Å². The van der Waals surface area contributed by atoms with Crippen LogP contribution in [0.25, 0.3) is 0 Å².